The van der Waals surface area contributed by atoms with E-state index in [0.29, 0.717) is 0 Å². The molecule has 0 rings (SSSR count). The van der Waals surface area contributed by atoms with Gasteiger partial charge >= 0.3 is 0 Å². The fourth-order valence-corrected chi connectivity index (χ4v) is 2.44. The highest BCUT2D eigenvalue weighted by molar-refractivity contribution is 4.48. The molecule has 0 fully saturated rings. The second-order valence-electron chi connectivity index (χ2n) is 5.78. The van der Waals surface area contributed by atoms with Gasteiger partial charge in [0.1, 0.15) is 0 Å². The summed E-state index contributed by atoms with van der Waals surface area (Å²) in [6.07, 6.45) is 22.7. The molecule has 0 aromatic rings. The van der Waals surface area contributed by atoms with Crippen LogP contribution in [0, 0.1) is 0 Å². The molecule has 1 nitrogen and oxygen atoms in total. The summed E-state index contributed by atoms with van der Waals surface area (Å²) >= 11 is 0. The Kier molecular flexibility index (Phi) is 25.8. The molecule has 0 saturated heterocycles. The first-order valence-electron chi connectivity index (χ1n) is 9.08. The largest absolute Gasteiger partial charge is 0.516 e. The first-order valence-corrected chi connectivity index (χ1v) is 9.08. The molecule has 0 saturated carbocycles. The maximum absolute atomic E-state index is 7.33. The van der Waals surface area contributed by atoms with Crippen molar-refractivity contribution < 1.29 is 5.11 Å². The molecule has 0 radical (unpaired) electrons. The van der Waals surface area contributed by atoms with E-state index < -0.39 is 0 Å². The molecule has 0 aromatic carbocycles. The van der Waals surface area contributed by atoms with Crippen LogP contribution in [0.5, 0.6) is 0 Å². The second kappa shape index (κ2) is 23.6. The average Bonchev–Trinajstić information content (AvgIpc) is 2.45. The van der Waals surface area contributed by atoms with E-state index in [1.165, 1.54) is 96.3 Å². The van der Waals surface area contributed by atoms with Crippen LogP contribution in [-0.4, -0.2) is 5.11 Å². The molecule has 0 spiro atoms. The van der Waals surface area contributed by atoms with Gasteiger partial charge in [0.25, 0.3) is 0 Å². The van der Waals surface area contributed by atoms with E-state index in [0.717, 1.165) is 6.26 Å². The number of hydrogen-bond donors (Lipinski definition) is 1. The van der Waals surface area contributed by atoms with Gasteiger partial charge in [-0.05, 0) is 0 Å². The molecule has 0 aromatic heterocycles. The molecule has 20 heavy (non-hydrogen) atoms. The summed E-state index contributed by atoms with van der Waals surface area (Å²) in [5, 5.41) is 7.33. The first-order chi connectivity index (χ1) is 9.83. The lowest BCUT2D eigenvalue weighted by atomic mass is 10.0. The van der Waals surface area contributed by atoms with Crippen molar-refractivity contribution in [2.45, 2.75) is 110 Å². The summed E-state index contributed by atoms with van der Waals surface area (Å²) in [5.41, 5.74) is 0. The molecule has 0 aliphatic carbocycles. The highest BCUT2D eigenvalue weighted by Gasteiger charge is 1.93. The smallest absolute Gasteiger partial charge is 0.0719 e. The fourth-order valence-electron chi connectivity index (χ4n) is 2.44. The topological polar surface area (TPSA) is 20.2 Å². The Morgan fingerprint density at radius 3 is 0.850 bits per heavy atom. The van der Waals surface area contributed by atoms with Crippen LogP contribution >= 0.6 is 0 Å². The SMILES string of the molecule is C=CO.CCCCCCCCCCCCCCCCC. The zero-order valence-electron chi connectivity index (χ0n) is 14.3. The van der Waals surface area contributed by atoms with Gasteiger partial charge in [0, 0.05) is 0 Å². The average molecular weight is 285 g/mol. The number of unbranched alkanes of at least 4 members (excludes halogenated alkanes) is 14. The van der Waals surface area contributed by atoms with Crippen LogP contribution in [0.25, 0.3) is 0 Å². The molecule has 0 atom stereocenters. The Morgan fingerprint density at radius 2 is 0.700 bits per heavy atom. The lowest BCUT2D eigenvalue weighted by Crippen LogP contribution is -1.82. The molecule has 0 heterocycles. The van der Waals surface area contributed by atoms with Gasteiger partial charge in [-0.3, -0.25) is 0 Å². The van der Waals surface area contributed by atoms with Crippen molar-refractivity contribution in [1.82, 2.24) is 0 Å². The number of rotatable bonds is 14. The van der Waals surface area contributed by atoms with Gasteiger partial charge < -0.3 is 5.11 Å². The lowest BCUT2D eigenvalue weighted by molar-refractivity contribution is 0.476. The Morgan fingerprint density at radius 1 is 0.550 bits per heavy atom. The van der Waals surface area contributed by atoms with Gasteiger partial charge in [-0.25, -0.2) is 0 Å². The molecule has 0 amide bonds. The van der Waals surface area contributed by atoms with Crippen LogP contribution in [-0.2, 0) is 0 Å². The second-order valence-corrected chi connectivity index (χ2v) is 5.78. The van der Waals surface area contributed by atoms with E-state index in [9.17, 15) is 0 Å². The van der Waals surface area contributed by atoms with Gasteiger partial charge in [0.05, 0.1) is 6.26 Å². The van der Waals surface area contributed by atoms with Gasteiger partial charge in [0.15, 0.2) is 0 Å². The Labute approximate surface area is 128 Å². The van der Waals surface area contributed by atoms with Crippen molar-refractivity contribution in [3.63, 3.8) is 0 Å². The van der Waals surface area contributed by atoms with Crippen LogP contribution in [0.3, 0.4) is 0 Å². The molecular weight excluding hydrogens is 244 g/mol. The molecule has 0 bridgehead atoms. The van der Waals surface area contributed by atoms with E-state index >= 15 is 0 Å². The van der Waals surface area contributed by atoms with Gasteiger partial charge in [-0.15, -0.1) is 0 Å². The third-order valence-electron chi connectivity index (χ3n) is 3.71. The normalized spacial score (nSPS) is 9.90. The third-order valence-corrected chi connectivity index (χ3v) is 3.71. The van der Waals surface area contributed by atoms with Crippen molar-refractivity contribution in [2.24, 2.45) is 0 Å². The zero-order valence-corrected chi connectivity index (χ0v) is 14.3. The lowest BCUT2D eigenvalue weighted by Gasteiger charge is -2.02. The summed E-state index contributed by atoms with van der Waals surface area (Å²) in [5.74, 6) is 0. The molecule has 0 unspecified atom stereocenters. The van der Waals surface area contributed by atoms with Crippen LogP contribution < -0.4 is 0 Å². The summed E-state index contributed by atoms with van der Waals surface area (Å²) in [6, 6.07) is 0. The van der Waals surface area contributed by atoms with Crippen molar-refractivity contribution >= 4 is 0 Å². The van der Waals surface area contributed by atoms with Crippen LogP contribution in [0.4, 0.5) is 0 Å². The summed E-state index contributed by atoms with van der Waals surface area (Å²) in [6.45, 7) is 7.50. The van der Waals surface area contributed by atoms with Crippen LogP contribution in [0.1, 0.15) is 110 Å². The van der Waals surface area contributed by atoms with Gasteiger partial charge in [-0.2, -0.15) is 0 Å². The predicted molar refractivity (Wildman–Crippen MR) is 93.4 cm³/mol. The van der Waals surface area contributed by atoms with Crippen LogP contribution in [0.2, 0.25) is 0 Å². The predicted octanol–water partition coefficient (Wildman–Crippen LogP) is 7.57. The fraction of sp³-hybridized carbons (Fsp3) is 0.895. The standard InChI is InChI=1S/C17H36.C2H4O/c1-3-5-7-9-11-13-15-17-16-14-12-10-8-6-4-2;1-2-3/h3-17H2,1-2H3;2-3H,1H2. The maximum Gasteiger partial charge on any atom is 0.0719 e. The van der Waals surface area contributed by atoms with Gasteiger partial charge in [0.2, 0.25) is 0 Å². The Balaban J connectivity index is 0. The van der Waals surface area contributed by atoms with E-state index in [1.54, 1.807) is 0 Å². The van der Waals surface area contributed by atoms with Crippen molar-refractivity contribution in [3.05, 3.63) is 12.8 Å². The molecular formula is C19H40O. The van der Waals surface area contributed by atoms with Crippen molar-refractivity contribution in [2.75, 3.05) is 0 Å². The van der Waals surface area contributed by atoms with Crippen molar-refractivity contribution in [1.29, 1.82) is 0 Å². The third kappa shape index (κ3) is 26.2. The van der Waals surface area contributed by atoms with E-state index in [1.807, 2.05) is 0 Å². The molecule has 0 aliphatic heterocycles. The Hall–Kier alpha value is -0.460. The van der Waals surface area contributed by atoms with E-state index in [4.69, 9.17) is 5.11 Å². The minimum absolute atomic E-state index is 0.750. The monoisotopic (exact) mass is 284 g/mol. The quantitative estimate of drug-likeness (QED) is 0.257. The van der Waals surface area contributed by atoms with Crippen LogP contribution in [0.15, 0.2) is 12.8 Å². The molecule has 1 N–H and O–H groups in total. The molecule has 122 valence electrons. The number of aliphatic hydroxyl groups is 1. The maximum atomic E-state index is 7.33. The Bertz CT molecular complexity index is 140. The minimum atomic E-state index is 0.750. The highest BCUT2D eigenvalue weighted by atomic mass is 16.2. The molecule has 1 heteroatoms. The highest BCUT2D eigenvalue weighted by Crippen LogP contribution is 2.13. The first kappa shape index (κ1) is 21.8. The van der Waals surface area contributed by atoms with E-state index in [2.05, 4.69) is 20.4 Å². The number of aliphatic hydroxyl groups excluding tert-OH is 1. The van der Waals surface area contributed by atoms with E-state index in [-0.39, 0.29) is 0 Å². The van der Waals surface area contributed by atoms with Gasteiger partial charge in [-0.1, -0.05) is 117 Å². The summed E-state index contributed by atoms with van der Waals surface area (Å²) in [7, 11) is 0. The zero-order chi connectivity index (χ0) is 15.3. The minimum Gasteiger partial charge on any atom is -0.516 e. The van der Waals surface area contributed by atoms with Crippen molar-refractivity contribution in [3.8, 4) is 0 Å². The summed E-state index contributed by atoms with van der Waals surface area (Å²) < 4.78 is 0. The number of hydrogen-bond acceptors (Lipinski definition) is 1. The molecule has 0 aliphatic rings. The summed E-state index contributed by atoms with van der Waals surface area (Å²) in [4.78, 5) is 0.